The second-order valence-corrected chi connectivity index (χ2v) is 8.20. The van der Waals surface area contributed by atoms with Crippen LogP contribution in [0.25, 0.3) is 11.4 Å². The summed E-state index contributed by atoms with van der Waals surface area (Å²) in [5, 5.41) is 2.70. The summed E-state index contributed by atoms with van der Waals surface area (Å²) in [7, 11) is 0. The first-order valence-corrected chi connectivity index (χ1v) is 9.61. The Morgan fingerprint density at radius 3 is 2.32 bits per heavy atom. The molecule has 0 aliphatic heterocycles. The zero-order valence-corrected chi connectivity index (χ0v) is 17.2. The van der Waals surface area contributed by atoms with Gasteiger partial charge in [0.25, 0.3) is 17.9 Å². The van der Waals surface area contributed by atoms with Crippen LogP contribution < -0.4 is 10.9 Å². The molecular formula is C23H22F3N3O2. The number of nitrogens with one attached hydrogen (secondary N) is 2. The Morgan fingerprint density at radius 1 is 1.06 bits per heavy atom. The molecule has 0 radical (unpaired) electrons. The summed E-state index contributed by atoms with van der Waals surface area (Å²) >= 11 is 0. The maximum absolute atomic E-state index is 14.6. The van der Waals surface area contributed by atoms with Crippen LogP contribution in [0, 0.1) is 11.2 Å². The predicted molar refractivity (Wildman–Crippen MR) is 111 cm³/mol. The van der Waals surface area contributed by atoms with Gasteiger partial charge in [-0.25, -0.2) is 18.2 Å². The minimum atomic E-state index is -2.80. The maximum atomic E-state index is 14.6. The number of carbonyl (C=O) groups is 1. The van der Waals surface area contributed by atoms with Crippen LogP contribution in [0.1, 0.15) is 54.9 Å². The topological polar surface area (TPSA) is 74.8 Å². The van der Waals surface area contributed by atoms with Crippen molar-refractivity contribution in [2.45, 2.75) is 33.2 Å². The van der Waals surface area contributed by atoms with Crippen LogP contribution in [0.5, 0.6) is 0 Å². The standard InChI is InChI=1S/C23H22F3N3O2/c1-23(2,3)19(15-10-9-14(20(25)26)11-16(15)24)29-22(31)17-12-18(30)28-21(27-17)13-7-5-4-6-8-13/h4-12,19-20H,1-3H3,(H,29,31)(H,27,28,30)/t19-/m0/s1. The number of hydrogen-bond donors (Lipinski definition) is 2. The molecule has 3 rings (SSSR count). The Morgan fingerprint density at radius 2 is 1.74 bits per heavy atom. The summed E-state index contributed by atoms with van der Waals surface area (Å²) in [5.41, 5.74) is -1.07. The average molecular weight is 429 g/mol. The lowest BCUT2D eigenvalue weighted by Gasteiger charge is -2.32. The van der Waals surface area contributed by atoms with E-state index in [0.29, 0.717) is 5.56 Å². The summed E-state index contributed by atoms with van der Waals surface area (Å²) in [5.74, 6) is -1.31. The van der Waals surface area contributed by atoms with Crippen LogP contribution in [-0.2, 0) is 0 Å². The molecule has 2 aromatic carbocycles. The van der Waals surface area contributed by atoms with Crippen LogP contribution >= 0.6 is 0 Å². The summed E-state index contributed by atoms with van der Waals surface area (Å²) < 4.78 is 40.4. The molecular weight excluding hydrogens is 407 g/mol. The van der Waals surface area contributed by atoms with E-state index in [2.05, 4.69) is 15.3 Å². The van der Waals surface area contributed by atoms with Crippen molar-refractivity contribution < 1.29 is 18.0 Å². The molecule has 0 aliphatic carbocycles. The van der Waals surface area contributed by atoms with Gasteiger partial charge in [-0.1, -0.05) is 63.2 Å². The van der Waals surface area contributed by atoms with Gasteiger partial charge in [-0.2, -0.15) is 0 Å². The van der Waals surface area contributed by atoms with Crippen molar-refractivity contribution in [1.29, 1.82) is 0 Å². The second kappa shape index (κ2) is 8.75. The number of nitrogens with zero attached hydrogens (tertiary/aromatic N) is 1. The van der Waals surface area contributed by atoms with E-state index in [1.165, 1.54) is 6.07 Å². The molecule has 0 fully saturated rings. The van der Waals surface area contributed by atoms with Crippen molar-refractivity contribution in [3.8, 4) is 11.4 Å². The van der Waals surface area contributed by atoms with Crippen molar-refractivity contribution in [2.24, 2.45) is 5.41 Å². The maximum Gasteiger partial charge on any atom is 0.270 e. The highest BCUT2D eigenvalue weighted by atomic mass is 19.3. The summed E-state index contributed by atoms with van der Waals surface area (Å²) in [6.45, 7) is 5.33. The lowest BCUT2D eigenvalue weighted by molar-refractivity contribution is 0.0894. The van der Waals surface area contributed by atoms with Crippen molar-refractivity contribution >= 4 is 5.91 Å². The van der Waals surface area contributed by atoms with E-state index in [9.17, 15) is 22.8 Å². The molecule has 0 aliphatic rings. The van der Waals surface area contributed by atoms with E-state index in [-0.39, 0.29) is 17.1 Å². The number of aromatic nitrogens is 2. The second-order valence-electron chi connectivity index (χ2n) is 8.20. The number of amides is 1. The molecule has 1 aromatic heterocycles. The van der Waals surface area contributed by atoms with E-state index < -0.39 is 40.7 Å². The summed E-state index contributed by atoms with van der Waals surface area (Å²) in [4.78, 5) is 31.8. The Kier molecular flexibility index (Phi) is 6.29. The quantitative estimate of drug-likeness (QED) is 0.597. The Labute approximate surface area is 177 Å². The van der Waals surface area contributed by atoms with Crippen molar-refractivity contribution in [1.82, 2.24) is 15.3 Å². The van der Waals surface area contributed by atoms with E-state index in [0.717, 1.165) is 18.2 Å². The first-order chi connectivity index (χ1) is 14.6. The normalized spacial score (nSPS) is 12.6. The number of halogens is 3. The fourth-order valence-electron chi connectivity index (χ4n) is 3.19. The Balaban J connectivity index is 1.96. The SMILES string of the molecule is CC(C)(C)[C@@H](NC(=O)c1cc(=O)[nH]c(-c2ccccc2)n1)c1ccc(C(F)F)cc1F. The number of alkyl halides is 2. The van der Waals surface area contributed by atoms with Crippen LogP contribution in [0.3, 0.4) is 0 Å². The van der Waals surface area contributed by atoms with Crippen LogP contribution in [-0.4, -0.2) is 15.9 Å². The first-order valence-electron chi connectivity index (χ1n) is 9.61. The van der Waals surface area contributed by atoms with Gasteiger partial charge in [0.05, 0.1) is 6.04 Å². The van der Waals surface area contributed by atoms with E-state index in [1.807, 2.05) is 0 Å². The van der Waals surface area contributed by atoms with E-state index in [4.69, 9.17) is 0 Å². The largest absolute Gasteiger partial charge is 0.343 e. The molecule has 1 atom stereocenters. The van der Waals surface area contributed by atoms with Crippen LogP contribution in [0.4, 0.5) is 13.2 Å². The number of H-pyrrole nitrogens is 1. The molecule has 3 aromatic rings. The molecule has 0 spiro atoms. The predicted octanol–water partition coefficient (Wildman–Crippen LogP) is 5.03. The average Bonchev–Trinajstić information content (AvgIpc) is 2.71. The molecule has 1 heterocycles. The minimum absolute atomic E-state index is 0.0679. The third kappa shape index (κ3) is 5.20. The third-order valence-electron chi connectivity index (χ3n) is 4.75. The zero-order chi connectivity index (χ0) is 22.8. The highest BCUT2D eigenvalue weighted by Gasteiger charge is 2.31. The van der Waals surface area contributed by atoms with Gasteiger partial charge in [-0.05, 0) is 11.5 Å². The molecule has 162 valence electrons. The van der Waals surface area contributed by atoms with E-state index in [1.54, 1.807) is 51.1 Å². The van der Waals surface area contributed by atoms with Gasteiger partial charge >= 0.3 is 0 Å². The van der Waals surface area contributed by atoms with Gasteiger partial charge in [0.2, 0.25) is 0 Å². The molecule has 8 heteroatoms. The molecule has 0 saturated heterocycles. The minimum Gasteiger partial charge on any atom is -0.343 e. The monoisotopic (exact) mass is 429 g/mol. The first kappa shape index (κ1) is 22.3. The van der Waals surface area contributed by atoms with Gasteiger partial charge in [0, 0.05) is 22.8 Å². The Hall–Kier alpha value is -3.42. The van der Waals surface area contributed by atoms with Crippen molar-refractivity contribution in [3.63, 3.8) is 0 Å². The molecule has 0 saturated carbocycles. The van der Waals surface area contributed by atoms with Gasteiger partial charge in [-0.3, -0.25) is 9.59 Å². The zero-order valence-electron chi connectivity index (χ0n) is 17.2. The highest BCUT2D eigenvalue weighted by Crippen LogP contribution is 2.35. The number of rotatable bonds is 5. The van der Waals surface area contributed by atoms with E-state index >= 15 is 0 Å². The van der Waals surface area contributed by atoms with Gasteiger partial charge in [-0.15, -0.1) is 0 Å². The van der Waals surface area contributed by atoms with Crippen molar-refractivity contribution in [3.05, 3.63) is 87.6 Å². The Bertz CT molecular complexity index is 1140. The lowest BCUT2D eigenvalue weighted by atomic mass is 9.81. The number of carbonyl (C=O) groups excluding carboxylic acids is 1. The number of aromatic amines is 1. The van der Waals surface area contributed by atoms with Crippen LogP contribution in [0.15, 0.2) is 59.4 Å². The van der Waals surface area contributed by atoms with Crippen molar-refractivity contribution in [2.75, 3.05) is 0 Å². The molecule has 31 heavy (non-hydrogen) atoms. The lowest BCUT2D eigenvalue weighted by Crippen LogP contribution is -2.38. The molecule has 0 bridgehead atoms. The van der Waals surface area contributed by atoms with Gasteiger partial charge in [0.15, 0.2) is 0 Å². The third-order valence-corrected chi connectivity index (χ3v) is 4.75. The molecule has 2 N–H and O–H groups in total. The fourth-order valence-corrected chi connectivity index (χ4v) is 3.19. The molecule has 1 amide bonds. The van der Waals surface area contributed by atoms with Gasteiger partial charge in [0.1, 0.15) is 17.3 Å². The number of benzene rings is 2. The highest BCUT2D eigenvalue weighted by molar-refractivity contribution is 5.93. The fraction of sp³-hybridized carbons (Fsp3) is 0.261. The van der Waals surface area contributed by atoms with Crippen LogP contribution in [0.2, 0.25) is 0 Å². The molecule has 0 unspecified atom stereocenters. The summed E-state index contributed by atoms with van der Waals surface area (Å²) in [6, 6.07) is 12.2. The molecule has 5 nitrogen and oxygen atoms in total. The smallest absolute Gasteiger partial charge is 0.270 e. The summed E-state index contributed by atoms with van der Waals surface area (Å²) in [6.07, 6.45) is -2.80. The van der Waals surface area contributed by atoms with Gasteiger partial charge < -0.3 is 10.3 Å². The number of hydrogen-bond acceptors (Lipinski definition) is 3.